The molecule has 0 spiro atoms. The summed E-state index contributed by atoms with van der Waals surface area (Å²) in [6, 6.07) is 5.65. The molecular weight excluding hydrogens is 236 g/mol. The van der Waals surface area contributed by atoms with Crippen molar-refractivity contribution in [3.05, 3.63) is 46.2 Å². The van der Waals surface area contributed by atoms with Crippen LogP contribution in [0.1, 0.15) is 28.5 Å². The quantitative estimate of drug-likeness (QED) is 0.764. The highest BCUT2D eigenvalue weighted by molar-refractivity contribution is 6.31. The summed E-state index contributed by atoms with van der Waals surface area (Å²) in [5.74, 6) is 0.0217. The lowest BCUT2D eigenvalue weighted by Crippen LogP contribution is -2.03. The van der Waals surface area contributed by atoms with Gasteiger partial charge in [-0.2, -0.15) is 5.10 Å². The number of rotatable bonds is 2. The molecule has 0 N–H and O–H groups in total. The molecule has 0 amide bonds. The van der Waals surface area contributed by atoms with Crippen molar-refractivity contribution in [1.29, 1.82) is 0 Å². The van der Waals surface area contributed by atoms with E-state index in [1.54, 1.807) is 17.8 Å². The average Bonchev–Trinajstić information content (AvgIpc) is 2.64. The highest BCUT2D eigenvalue weighted by Crippen LogP contribution is 2.23. The van der Waals surface area contributed by atoms with Crippen LogP contribution in [0.3, 0.4) is 0 Å². The number of ketones is 1. The highest BCUT2D eigenvalue weighted by Gasteiger charge is 2.13. The zero-order chi connectivity index (χ0) is 12.6. The number of halogens is 1. The maximum atomic E-state index is 11.4. The molecule has 0 radical (unpaired) electrons. The molecule has 0 fully saturated rings. The Hall–Kier alpha value is -1.61. The summed E-state index contributed by atoms with van der Waals surface area (Å²) < 4.78 is 1.75. The first kappa shape index (κ1) is 11.9. The van der Waals surface area contributed by atoms with Gasteiger partial charge in [0.25, 0.3) is 0 Å². The topological polar surface area (TPSA) is 34.9 Å². The fraction of sp³-hybridized carbons (Fsp3) is 0.231. The smallest absolute Gasteiger partial charge is 0.163 e. The minimum atomic E-state index is 0.0217. The molecule has 3 nitrogen and oxygen atoms in total. The Morgan fingerprint density at radius 3 is 2.65 bits per heavy atom. The minimum absolute atomic E-state index is 0.0217. The molecule has 1 aromatic heterocycles. The number of hydrogen-bond donors (Lipinski definition) is 0. The zero-order valence-corrected chi connectivity index (χ0v) is 10.7. The number of aromatic nitrogens is 2. The summed E-state index contributed by atoms with van der Waals surface area (Å²) in [6.07, 6.45) is 1.60. The molecule has 0 unspecified atom stereocenters. The minimum Gasteiger partial charge on any atom is -0.294 e. The highest BCUT2D eigenvalue weighted by atomic mass is 35.5. The fourth-order valence-electron chi connectivity index (χ4n) is 1.82. The van der Waals surface area contributed by atoms with E-state index in [1.165, 1.54) is 0 Å². The van der Waals surface area contributed by atoms with E-state index in [9.17, 15) is 4.79 Å². The number of carbonyl (C=O) groups is 1. The van der Waals surface area contributed by atoms with Crippen molar-refractivity contribution >= 4 is 17.4 Å². The summed E-state index contributed by atoms with van der Waals surface area (Å²) in [7, 11) is 0. The molecule has 0 aliphatic heterocycles. The molecule has 88 valence electrons. The van der Waals surface area contributed by atoms with E-state index < -0.39 is 0 Å². The third-order valence-corrected chi connectivity index (χ3v) is 3.27. The van der Waals surface area contributed by atoms with E-state index in [1.807, 2.05) is 32.0 Å². The van der Waals surface area contributed by atoms with Gasteiger partial charge in [0.05, 0.1) is 23.1 Å². The SMILES string of the molecule is CC(=O)c1cnn(-c2cccc(Cl)c2C)c1C. The Morgan fingerprint density at radius 2 is 2.06 bits per heavy atom. The Morgan fingerprint density at radius 1 is 1.35 bits per heavy atom. The van der Waals surface area contributed by atoms with Gasteiger partial charge in [-0.25, -0.2) is 4.68 Å². The Balaban J connectivity index is 2.62. The second-order valence-electron chi connectivity index (χ2n) is 4.00. The second kappa shape index (κ2) is 4.34. The molecule has 17 heavy (non-hydrogen) atoms. The fourth-order valence-corrected chi connectivity index (χ4v) is 1.99. The molecule has 2 aromatic rings. The third kappa shape index (κ3) is 1.98. The molecule has 0 aliphatic rings. The monoisotopic (exact) mass is 248 g/mol. The van der Waals surface area contributed by atoms with Crippen molar-refractivity contribution in [3.8, 4) is 5.69 Å². The van der Waals surface area contributed by atoms with Crippen LogP contribution < -0.4 is 0 Å². The Bertz CT molecular complexity index is 587. The van der Waals surface area contributed by atoms with Gasteiger partial charge in [-0.05, 0) is 38.5 Å². The molecule has 0 saturated heterocycles. The van der Waals surface area contributed by atoms with Gasteiger partial charge in [-0.1, -0.05) is 17.7 Å². The van der Waals surface area contributed by atoms with Crippen LogP contribution in [0, 0.1) is 13.8 Å². The van der Waals surface area contributed by atoms with Crippen LogP contribution in [0.4, 0.5) is 0 Å². The number of Topliss-reactive ketones (excluding diaryl/α,β-unsaturated/α-hetero) is 1. The Kier molecular flexibility index (Phi) is 3.03. The number of carbonyl (C=O) groups excluding carboxylic acids is 1. The van der Waals surface area contributed by atoms with Gasteiger partial charge in [0.2, 0.25) is 0 Å². The van der Waals surface area contributed by atoms with Crippen LogP contribution in [0.15, 0.2) is 24.4 Å². The largest absolute Gasteiger partial charge is 0.294 e. The predicted octanol–water partition coefficient (Wildman–Crippen LogP) is 3.35. The van der Waals surface area contributed by atoms with Gasteiger partial charge in [0, 0.05) is 5.02 Å². The van der Waals surface area contributed by atoms with Crippen molar-refractivity contribution in [2.45, 2.75) is 20.8 Å². The van der Waals surface area contributed by atoms with Gasteiger partial charge >= 0.3 is 0 Å². The number of hydrogen-bond acceptors (Lipinski definition) is 2. The molecule has 1 aromatic carbocycles. The predicted molar refractivity (Wildman–Crippen MR) is 68.1 cm³/mol. The number of benzene rings is 1. The van der Waals surface area contributed by atoms with Crippen LogP contribution >= 0.6 is 11.6 Å². The van der Waals surface area contributed by atoms with Crippen molar-refractivity contribution in [1.82, 2.24) is 9.78 Å². The molecule has 4 heteroatoms. The van der Waals surface area contributed by atoms with E-state index in [0.29, 0.717) is 10.6 Å². The van der Waals surface area contributed by atoms with Crippen LogP contribution in [0.25, 0.3) is 5.69 Å². The number of nitrogens with zero attached hydrogens (tertiary/aromatic N) is 2. The van der Waals surface area contributed by atoms with E-state index in [-0.39, 0.29) is 5.78 Å². The van der Waals surface area contributed by atoms with Crippen LogP contribution in [0.2, 0.25) is 5.02 Å². The van der Waals surface area contributed by atoms with Crippen LogP contribution in [0.5, 0.6) is 0 Å². The molecule has 2 rings (SSSR count). The van der Waals surface area contributed by atoms with Gasteiger partial charge in [-0.15, -0.1) is 0 Å². The van der Waals surface area contributed by atoms with Gasteiger partial charge in [0.1, 0.15) is 0 Å². The summed E-state index contributed by atoms with van der Waals surface area (Å²) in [6.45, 7) is 5.36. The van der Waals surface area contributed by atoms with E-state index in [4.69, 9.17) is 11.6 Å². The first-order valence-corrected chi connectivity index (χ1v) is 5.71. The van der Waals surface area contributed by atoms with Crippen LogP contribution in [-0.4, -0.2) is 15.6 Å². The lowest BCUT2D eigenvalue weighted by atomic mass is 10.1. The maximum Gasteiger partial charge on any atom is 0.163 e. The molecule has 0 atom stereocenters. The molecule has 1 heterocycles. The average molecular weight is 249 g/mol. The van der Waals surface area contributed by atoms with E-state index >= 15 is 0 Å². The van der Waals surface area contributed by atoms with Gasteiger partial charge < -0.3 is 0 Å². The normalized spacial score (nSPS) is 10.6. The lowest BCUT2D eigenvalue weighted by molar-refractivity contribution is 0.101. The van der Waals surface area contributed by atoms with Gasteiger partial charge in [0.15, 0.2) is 5.78 Å². The van der Waals surface area contributed by atoms with E-state index in [2.05, 4.69) is 5.10 Å². The Labute approximate surface area is 105 Å². The summed E-state index contributed by atoms with van der Waals surface area (Å²) >= 11 is 6.08. The molecule has 0 bridgehead atoms. The standard InChI is InChI=1S/C13H13ClN2O/c1-8-12(14)5-4-6-13(8)16-9(2)11(7-15-16)10(3)17/h4-7H,1-3H3. The first-order chi connectivity index (χ1) is 8.02. The summed E-state index contributed by atoms with van der Waals surface area (Å²) in [5.41, 5.74) is 3.34. The lowest BCUT2D eigenvalue weighted by Gasteiger charge is -2.09. The van der Waals surface area contributed by atoms with Crippen molar-refractivity contribution in [2.75, 3.05) is 0 Å². The first-order valence-electron chi connectivity index (χ1n) is 5.33. The molecule has 0 aliphatic carbocycles. The summed E-state index contributed by atoms with van der Waals surface area (Å²) in [5, 5.41) is 4.94. The summed E-state index contributed by atoms with van der Waals surface area (Å²) in [4.78, 5) is 11.4. The third-order valence-electron chi connectivity index (χ3n) is 2.86. The maximum absolute atomic E-state index is 11.4. The zero-order valence-electron chi connectivity index (χ0n) is 9.99. The second-order valence-corrected chi connectivity index (χ2v) is 4.40. The van der Waals surface area contributed by atoms with E-state index in [0.717, 1.165) is 16.9 Å². The molecule has 0 saturated carbocycles. The van der Waals surface area contributed by atoms with Crippen LogP contribution in [-0.2, 0) is 0 Å². The van der Waals surface area contributed by atoms with Crippen molar-refractivity contribution < 1.29 is 4.79 Å². The van der Waals surface area contributed by atoms with Gasteiger partial charge in [-0.3, -0.25) is 4.79 Å². The molecular formula is C13H13ClN2O. The van der Waals surface area contributed by atoms with Crippen molar-refractivity contribution in [2.24, 2.45) is 0 Å². The van der Waals surface area contributed by atoms with Crippen molar-refractivity contribution in [3.63, 3.8) is 0 Å².